The largest absolute Gasteiger partial charge is 0.383 e. The molecule has 0 aromatic heterocycles. The topological polar surface area (TPSA) is 33.7 Å². The van der Waals surface area contributed by atoms with E-state index in [0.29, 0.717) is 12.2 Å². The van der Waals surface area contributed by atoms with E-state index in [1.165, 1.54) is 32.2 Å². The highest BCUT2D eigenvalue weighted by Gasteiger charge is 2.32. The maximum atomic E-state index is 5.83. The van der Waals surface area contributed by atoms with Crippen LogP contribution in [0.1, 0.15) is 25.7 Å². The van der Waals surface area contributed by atoms with E-state index >= 15 is 0 Å². The average Bonchev–Trinajstić information content (AvgIpc) is 2.68. The Morgan fingerprint density at radius 2 is 1.94 bits per heavy atom. The molecule has 2 atom stereocenters. The Morgan fingerprint density at radius 3 is 2.65 bits per heavy atom. The normalized spacial score (nSPS) is 28.8. The second-order valence-electron chi connectivity index (χ2n) is 5.17. The van der Waals surface area contributed by atoms with Gasteiger partial charge in [0.1, 0.15) is 0 Å². The number of rotatable bonds is 8. The number of fused-ring (bicyclic) bond motifs is 2. The summed E-state index contributed by atoms with van der Waals surface area (Å²) >= 11 is 0. The van der Waals surface area contributed by atoms with Gasteiger partial charge in [-0.05, 0) is 38.8 Å². The Labute approximate surface area is 105 Å². The van der Waals surface area contributed by atoms with Crippen LogP contribution in [0, 0.1) is 0 Å². The van der Waals surface area contributed by atoms with Crippen LogP contribution in [-0.2, 0) is 9.47 Å². The summed E-state index contributed by atoms with van der Waals surface area (Å²) in [6, 6.07) is 0. The number of ether oxygens (including phenoxy) is 2. The third kappa shape index (κ3) is 4.54. The number of morpholine rings is 1. The first-order valence-electron chi connectivity index (χ1n) is 6.96. The first-order valence-corrected chi connectivity index (χ1v) is 6.96. The van der Waals surface area contributed by atoms with Crippen LogP contribution in [0.5, 0.6) is 0 Å². The number of nitrogens with one attached hydrogen (secondary N) is 1. The third-order valence-electron chi connectivity index (χ3n) is 3.68. The van der Waals surface area contributed by atoms with E-state index in [2.05, 4.69) is 10.2 Å². The molecule has 17 heavy (non-hydrogen) atoms. The Balaban J connectivity index is 1.45. The molecule has 2 fully saturated rings. The number of hydrogen-bond donors (Lipinski definition) is 1. The molecule has 2 aliphatic rings. The van der Waals surface area contributed by atoms with E-state index in [1.54, 1.807) is 7.11 Å². The molecule has 2 saturated heterocycles. The zero-order valence-corrected chi connectivity index (χ0v) is 11.0. The van der Waals surface area contributed by atoms with E-state index < -0.39 is 0 Å². The van der Waals surface area contributed by atoms with Crippen molar-refractivity contribution >= 4 is 0 Å². The summed E-state index contributed by atoms with van der Waals surface area (Å²) in [5, 5.41) is 3.39. The van der Waals surface area contributed by atoms with Gasteiger partial charge in [-0.2, -0.15) is 0 Å². The van der Waals surface area contributed by atoms with E-state index in [9.17, 15) is 0 Å². The van der Waals surface area contributed by atoms with Gasteiger partial charge in [0.05, 0.1) is 18.8 Å². The van der Waals surface area contributed by atoms with Crippen molar-refractivity contribution in [1.29, 1.82) is 0 Å². The summed E-state index contributed by atoms with van der Waals surface area (Å²) in [4.78, 5) is 2.58. The lowest BCUT2D eigenvalue weighted by Crippen LogP contribution is -2.43. The van der Waals surface area contributed by atoms with Crippen molar-refractivity contribution in [2.45, 2.75) is 37.9 Å². The Bertz CT molecular complexity index is 202. The van der Waals surface area contributed by atoms with Gasteiger partial charge in [-0.15, -0.1) is 0 Å². The van der Waals surface area contributed by atoms with E-state index in [1.807, 2.05) is 0 Å². The molecule has 100 valence electrons. The smallest absolute Gasteiger partial charge is 0.0707 e. The van der Waals surface area contributed by atoms with Crippen LogP contribution in [0.4, 0.5) is 0 Å². The van der Waals surface area contributed by atoms with Crippen LogP contribution in [-0.4, -0.2) is 63.5 Å². The molecule has 2 rings (SSSR count). The fraction of sp³-hybridized carbons (Fsp3) is 1.00. The maximum absolute atomic E-state index is 5.83. The molecular formula is C13H26N2O2. The number of hydrogen-bond acceptors (Lipinski definition) is 4. The first-order chi connectivity index (χ1) is 8.38. The van der Waals surface area contributed by atoms with Crippen LogP contribution in [0.3, 0.4) is 0 Å². The lowest BCUT2D eigenvalue weighted by Gasteiger charge is -2.32. The molecule has 0 spiro atoms. The standard InChI is InChI=1S/C13H26N2O2/c1-16-9-7-14-6-2-3-8-15-10-12-4-5-13(11-15)17-12/h12-14H,2-11H2,1H3. The third-order valence-corrected chi connectivity index (χ3v) is 3.68. The molecule has 0 amide bonds. The van der Waals surface area contributed by atoms with Gasteiger partial charge in [0.25, 0.3) is 0 Å². The van der Waals surface area contributed by atoms with Crippen molar-refractivity contribution < 1.29 is 9.47 Å². The highest BCUT2D eigenvalue weighted by Crippen LogP contribution is 2.26. The van der Waals surface area contributed by atoms with Crippen LogP contribution in [0.15, 0.2) is 0 Å². The van der Waals surface area contributed by atoms with Gasteiger partial charge in [0.15, 0.2) is 0 Å². The molecule has 0 aromatic rings. The van der Waals surface area contributed by atoms with Gasteiger partial charge in [-0.25, -0.2) is 0 Å². The highest BCUT2D eigenvalue weighted by atomic mass is 16.5. The van der Waals surface area contributed by atoms with Gasteiger partial charge in [-0.1, -0.05) is 0 Å². The molecule has 2 bridgehead atoms. The molecule has 2 heterocycles. The average molecular weight is 242 g/mol. The highest BCUT2D eigenvalue weighted by molar-refractivity contribution is 4.84. The minimum Gasteiger partial charge on any atom is -0.383 e. The van der Waals surface area contributed by atoms with Gasteiger partial charge < -0.3 is 14.8 Å². The van der Waals surface area contributed by atoms with Crippen LogP contribution in [0.25, 0.3) is 0 Å². The SMILES string of the molecule is COCCNCCCCN1CC2CCC(C1)O2. The molecule has 0 radical (unpaired) electrons. The number of likely N-dealkylation sites (tertiary alicyclic amines) is 1. The van der Waals surface area contributed by atoms with Crippen LogP contribution in [0.2, 0.25) is 0 Å². The summed E-state index contributed by atoms with van der Waals surface area (Å²) in [6.45, 7) is 6.45. The molecule has 0 aliphatic carbocycles. The van der Waals surface area contributed by atoms with Crippen molar-refractivity contribution in [3.05, 3.63) is 0 Å². The van der Waals surface area contributed by atoms with E-state index in [0.717, 1.165) is 32.8 Å². The predicted octanol–water partition coefficient (Wildman–Crippen LogP) is 0.866. The van der Waals surface area contributed by atoms with E-state index in [4.69, 9.17) is 9.47 Å². The first kappa shape index (κ1) is 13.3. The summed E-state index contributed by atoms with van der Waals surface area (Å²) < 4.78 is 10.8. The molecular weight excluding hydrogens is 216 g/mol. The maximum Gasteiger partial charge on any atom is 0.0707 e. The molecule has 0 aromatic carbocycles. The zero-order chi connectivity index (χ0) is 11.9. The van der Waals surface area contributed by atoms with Crippen molar-refractivity contribution in [2.75, 3.05) is 46.4 Å². The number of unbranched alkanes of at least 4 members (excludes halogenated alkanes) is 1. The molecule has 4 nitrogen and oxygen atoms in total. The Kier molecular flexibility index (Phi) is 5.71. The minimum absolute atomic E-state index is 0.536. The van der Waals surface area contributed by atoms with Gasteiger partial charge in [0.2, 0.25) is 0 Å². The van der Waals surface area contributed by atoms with Crippen molar-refractivity contribution in [2.24, 2.45) is 0 Å². The second kappa shape index (κ2) is 7.31. The summed E-state index contributed by atoms with van der Waals surface area (Å²) in [5.74, 6) is 0. The molecule has 4 heteroatoms. The number of methoxy groups -OCH3 is 1. The quantitative estimate of drug-likeness (QED) is 0.640. The minimum atomic E-state index is 0.536. The fourth-order valence-electron chi connectivity index (χ4n) is 2.77. The molecule has 2 aliphatic heterocycles. The van der Waals surface area contributed by atoms with Crippen LogP contribution >= 0.6 is 0 Å². The number of nitrogens with zero attached hydrogens (tertiary/aromatic N) is 1. The second-order valence-corrected chi connectivity index (χ2v) is 5.17. The summed E-state index contributed by atoms with van der Waals surface area (Å²) in [7, 11) is 1.74. The van der Waals surface area contributed by atoms with Gasteiger partial charge in [-0.3, -0.25) is 4.90 Å². The van der Waals surface area contributed by atoms with Crippen molar-refractivity contribution in [3.63, 3.8) is 0 Å². The summed E-state index contributed by atoms with van der Waals surface area (Å²) in [6.07, 6.45) is 6.18. The monoisotopic (exact) mass is 242 g/mol. The van der Waals surface area contributed by atoms with Gasteiger partial charge >= 0.3 is 0 Å². The lowest BCUT2D eigenvalue weighted by molar-refractivity contribution is -0.0385. The summed E-state index contributed by atoms with van der Waals surface area (Å²) in [5.41, 5.74) is 0. The van der Waals surface area contributed by atoms with Crippen LogP contribution < -0.4 is 5.32 Å². The van der Waals surface area contributed by atoms with Crippen molar-refractivity contribution in [3.8, 4) is 0 Å². The van der Waals surface area contributed by atoms with E-state index in [-0.39, 0.29) is 0 Å². The zero-order valence-electron chi connectivity index (χ0n) is 11.0. The molecule has 2 unspecified atom stereocenters. The predicted molar refractivity (Wildman–Crippen MR) is 68.3 cm³/mol. The van der Waals surface area contributed by atoms with Gasteiger partial charge in [0, 0.05) is 26.7 Å². The van der Waals surface area contributed by atoms with Crippen molar-refractivity contribution in [1.82, 2.24) is 10.2 Å². The lowest BCUT2D eigenvalue weighted by atomic mass is 10.2. The molecule has 0 saturated carbocycles. The fourth-order valence-corrected chi connectivity index (χ4v) is 2.77. The Morgan fingerprint density at radius 1 is 1.18 bits per heavy atom. The Hall–Kier alpha value is -0.160. The molecule has 1 N–H and O–H groups in total.